The molecule has 4 N–H and O–H groups in total. The fourth-order valence-corrected chi connectivity index (χ4v) is 1.74. The van der Waals surface area contributed by atoms with Crippen molar-refractivity contribution in [1.82, 2.24) is 0 Å². The van der Waals surface area contributed by atoms with Gasteiger partial charge in [0.2, 0.25) is 0 Å². The summed E-state index contributed by atoms with van der Waals surface area (Å²) < 4.78 is 27.0. The van der Waals surface area contributed by atoms with Crippen molar-refractivity contribution in [2.75, 3.05) is 11.1 Å². The Morgan fingerprint density at radius 1 is 1.20 bits per heavy atom. The van der Waals surface area contributed by atoms with Gasteiger partial charge in [0.1, 0.15) is 11.6 Å². The van der Waals surface area contributed by atoms with Gasteiger partial charge in [-0.1, -0.05) is 18.2 Å². The first-order valence-electron chi connectivity index (χ1n) is 5.78. The van der Waals surface area contributed by atoms with Crippen LogP contribution in [-0.2, 0) is 6.54 Å². The average Bonchev–Trinajstić information content (AvgIpc) is 2.40. The summed E-state index contributed by atoms with van der Waals surface area (Å²) in [6, 6.07) is 8.15. The van der Waals surface area contributed by atoms with E-state index < -0.39 is 17.3 Å². The lowest BCUT2D eigenvalue weighted by atomic mass is 10.1. The van der Waals surface area contributed by atoms with Crippen molar-refractivity contribution in [1.29, 1.82) is 0 Å². The Hall–Kier alpha value is -2.63. The predicted molar refractivity (Wildman–Crippen MR) is 71.5 cm³/mol. The minimum absolute atomic E-state index is 0.0835. The van der Waals surface area contributed by atoms with Gasteiger partial charge in [0.25, 0.3) is 0 Å². The first-order valence-corrected chi connectivity index (χ1v) is 5.78. The zero-order chi connectivity index (χ0) is 14.7. The maximum atomic E-state index is 13.5. The number of anilines is 2. The highest BCUT2D eigenvalue weighted by molar-refractivity contribution is 5.90. The van der Waals surface area contributed by atoms with Gasteiger partial charge in [-0.15, -0.1) is 0 Å². The molecule has 4 nitrogen and oxygen atoms in total. The van der Waals surface area contributed by atoms with Gasteiger partial charge in [0.05, 0.1) is 16.9 Å². The van der Waals surface area contributed by atoms with E-state index in [4.69, 9.17) is 10.8 Å². The third-order valence-corrected chi connectivity index (χ3v) is 2.80. The van der Waals surface area contributed by atoms with Crippen molar-refractivity contribution in [3.8, 4) is 0 Å². The molecule has 20 heavy (non-hydrogen) atoms. The molecule has 0 aliphatic carbocycles. The van der Waals surface area contributed by atoms with Crippen LogP contribution in [0.15, 0.2) is 36.4 Å². The van der Waals surface area contributed by atoms with Gasteiger partial charge < -0.3 is 16.2 Å². The lowest BCUT2D eigenvalue weighted by Gasteiger charge is -2.11. The van der Waals surface area contributed by atoms with Gasteiger partial charge in [0, 0.05) is 12.1 Å². The van der Waals surface area contributed by atoms with Crippen LogP contribution in [0.2, 0.25) is 0 Å². The third kappa shape index (κ3) is 2.85. The van der Waals surface area contributed by atoms with Crippen LogP contribution in [0.25, 0.3) is 0 Å². The van der Waals surface area contributed by atoms with Crippen LogP contribution in [0.3, 0.4) is 0 Å². The molecule has 0 atom stereocenters. The highest BCUT2D eigenvalue weighted by Crippen LogP contribution is 2.24. The van der Waals surface area contributed by atoms with E-state index in [9.17, 15) is 13.6 Å². The van der Waals surface area contributed by atoms with Gasteiger partial charge in [-0.2, -0.15) is 0 Å². The Morgan fingerprint density at radius 3 is 2.55 bits per heavy atom. The number of benzene rings is 2. The summed E-state index contributed by atoms with van der Waals surface area (Å²) in [6.45, 7) is 0.114. The van der Waals surface area contributed by atoms with Crippen molar-refractivity contribution >= 4 is 17.3 Å². The zero-order valence-corrected chi connectivity index (χ0v) is 10.4. The minimum atomic E-state index is -1.39. The molecule has 2 rings (SSSR count). The molecule has 0 radical (unpaired) electrons. The van der Waals surface area contributed by atoms with E-state index in [1.54, 1.807) is 18.2 Å². The monoisotopic (exact) mass is 278 g/mol. The summed E-state index contributed by atoms with van der Waals surface area (Å²) in [5.74, 6) is -2.68. The first-order chi connectivity index (χ1) is 9.49. The van der Waals surface area contributed by atoms with Gasteiger partial charge in [-0.25, -0.2) is 13.6 Å². The number of hydrogen-bond acceptors (Lipinski definition) is 3. The quantitative estimate of drug-likeness (QED) is 0.752. The topological polar surface area (TPSA) is 75.4 Å². The second-order valence-electron chi connectivity index (χ2n) is 4.17. The summed E-state index contributed by atoms with van der Waals surface area (Å²) in [5.41, 5.74) is 5.84. The third-order valence-electron chi connectivity index (χ3n) is 2.80. The Labute approximate surface area is 113 Å². The molecule has 0 saturated carbocycles. The Bertz CT molecular complexity index is 660. The number of carbonyl (C=O) groups is 1. The molecule has 104 valence electrons. The van der Waals surface area contributed by atoms with Crippen LogP contribution in [0.4, 0.5) is 20.2 Å². The maximum Gasteiger partial charge on any atom is 0.338 e. The fraction of sp³-hybridized carbons (Fsp3) is 0.0714. The first kappa shape index (κ1) is 13.8. The fourth-order valence-electron chi connectivity index (χ4n) is 1.74. The molecular formula is C14H12F2N2O2. The molecule has 0 fully saturated rings. The number of nitrogens with one attached hydrogen (secondary N) is 1. The van der Waals surface area contributed by atoms with Crippen LogP contribution in [0.5, 0.6) is 0 Å². The standard InChI is InChI=1S/C14H12F2N2O2/c15-10-4-2-1-3-8(10)7-18-13-6-11(16)9(14(19)20)5-12(13)17/h1-6,18H,7,17H2,(H,19,20). The molecule has 0 unspecified atom stereocenters. The van der Waals surface area contributed by atoms with E-state index in [1.807, 2.05) is 0 Å². The summed E-state index contributed by atoms with van der Waals surface area (Å²) in [5, 5.41) is 11.5. The molecule has 0 heterocycles. The Balaban J connectivity index is 2.21. The molecule has 2 aromatic rings. The molecule has 0 saturated heterocycles. The second-order valence-corrected chi connectivity index (χ2v) is 4.17. The van der Waals surface area contributed by atoms with E-state index >= 15 is 0 Å². The summed E-state index contributed by atoms with van der Waals surface area (Å²) >= 11 is 0. The predicted octanol–water partition coefficient (Wildman–Crippen LogP) is 2.86. The number of carboxylic acid groups (broad SMARTS) is 1. The number of carboxylic acids is 1. The molecule has 6 heteroatoms. The van der Waals surface area contributed by atoms with Crippen LogP contribution < -0.4 is 11.1 Å². The second kappa shape index (κ2) is 5.56. The van der Waals surface area contributed by atoms with Crippen molar-refractivity contribution in [3.63, 3.8) is 0 Å². The van der Waals surface area contributed by atoms with Gasteiger partial charge >= 0.3 is 5.97 Å². The highest BCUT2D eigenvalue weighted by Gasteiger charge is 2.13. The van der Waals surface area contributed by atoms with Crippen LogP contribution in [-0.4, -0.2) is 11.1 Å². The molecule has 0 aromatic heterocycles. The number of halogens is 2. The maximum absolute atomic E-state index is 13.5. The zero-order valence-electron chi connectivity index (χ0n) is 10.4. The Kier molecular flexibility index (Phi) is 3.84. The van der Waals surface area contributed by atoms with Gasteiger partial charge in [-0.05, 0) is 18.2 Å². The SMILES string of the molecule is Nc1cc(C(=O)O)c(F)cc1NCc1ccccc1F. The summed E-state index contributed by atoms with van der Waals surface area (Å²) in [4.78, 5) is 10.7. The van der Waals surface area contributed by atoms with E-state index in [0.717, 1.165) is 12.1 Å². The Morgan fingerprint density at radius 2 is 1.90 bits per heavy atom. The summed E-state index contributed by atoms with van der Waals surface area (Å²) in [7, 11) is 0. The van der Waals surface area contributed by atoms with Crippen molar-refractivity contribution in [3.05, 3.63) is 59.2 Å². The van der Waals surface area contributed by atoms with Crippen LogP contribution in [0.1, 0.15) is 15.9 Å². The van der Waals surface area contributed by atoms with Crippen LogP contribution in [0, 0.1) is 11.6 Å². The van der Waals surface area contributed by atoms with E-state index in [1.165, 1.54) is 6.07 Å². The lowest BCUT2D eigenvalue weighted by molar-refractivity contribution is 0.0692. The molecule has 0 bridgehead atoms. The van der Waals surface area contributed by atoms with Gasteiger partial charge in [0.15, 0.2) is 0 Å². The molecule has 0 aliphatic heterocycles. The molecular weight excluding hydrogens is 266 g/mol. The lowest BCUT2D eigenvalue weighted by Crippen LogP contribution is -2.08. The average molecular weight is 278 g/mol. The van der Waals surface area contributed by atoms with E-state index in [0.29, 0.717) is 5.56 Å². The molecule has 0 amide bonds. The van der Waals surface area contributed by atoms with Gasteiger partial charge in [-0.3, -0.25) is 0 Å². The molecule has 2 aromatic carbocycles. The van der Waals surface area contributed by atoms with Crippen LogP contribution >= 0.6 is 0 Å². The number of nitrogens with two attached hydrogens (primary N) is 1. The summed E-state index contributed by atoms with van der Waals surface area (Å²) in [6.07, 6.45) is 0. The molecule has 0 aliphatic rings. The number of aromatic carboxylic acids is 1. The minimum Gasteiger partial charge on any atom is -0.478 e. The van der Waals surface area contributed by atoms with E-state index in [2.05, 4.69) is 5.32 Å². The van der Waals surface area contributed by atoms with Crippen molar-refractivity contribution < 1.29 is 18.7 Å². The number of rotatable bonds is 4. The normalized spacial score (nSPS) is 10.3. The van der Waals surface area contributed by atoms with E-state index in [-0.39, 0.29) is 23.7 Å². The molecule has 0 spiro atoms. The highest BCUT2D eigenvalue weighted by atomic mass is 19.1. The largest absolute Gasteiger partial charge is 0.478 e. The smallest absolute Gasteiger partial charge is 0.338 e. The van der Waals surface area contributed by atoms with Crippen molar-refractivity contribution in [2.45, 2.75) is 6.54 Å². The number of nitrogen functional groups attached to an aromatic ring is 1. The van der Waals surface area contributed by atoms with Crippen molar-refractivity contribution in [2.24, 2.45) is 0 Å². The number of hydrogen-bond donors (Lipinski definition) is 3.